The lowest BCUT2D eigenvalue weighted by atomic mass is 10.1. The Hall–Kier alpha value is -1.19. The first-order valence-corrected chi connectivity index (χ1v) is 9.31. The van der Waals surface area contributed by atoms with Crippen molar-refractivity contribution in [2.24, 2.45) is 0 Å². The quantitative estimate of drug-likeness (QED) is 0.729. The molecular weight excluding hydrogens is 358 g/mol. The molecule has 134 valence electrons. The first-order chi connectivity index (χ1) is 11.4. The van der Waals surface area contributed by atoms with Gasteiger partial charge in [-0.1, -0.05) is 11.6 Å². The molecule has 1 heterocycles. The van der Waals surface area contributed by atoms with Crippen molar-refractivity contribution in [1.29, 1.82) is 0 Å². The third-order valence-electron chi connectivity index (χ3n) is 3.78. The second kappa shape index (κ2) is 8.26. The topological polar surface area (TPSA) is 93.1 Å². The predicted octanol–water partition coefficient (Wildman–Crippen LogP) is 1.85. The van der Waals surface area contributed by atoms with E-state index in [1.165, 1.54) is 16.4 Å². The Balaban J connectivity index is 2.16. The molecule has 0 saturated carbocycles. The van der Waals surface area contributed by atoms with Crippen LogP contribution in [0.4, 0.5) is 0 Å². The van der Waals surface area contributed by atoms with E-state index in [2.05, 4.69) is 0 Å². The van der Waals surface area contributed by atoms with E-state index in [0.29, 0.717) is 26.2 Å². The van der Waals surface area contributed by atoms with Crippen molar-refractivity contribution >= 4 is 27.6 Å². The Morgan fingerprint density at radius 3 is 2.79 bits per heavy atom. The van der Waals surface area contributed by atoms with Gasteiger partial charge in [0, 0.05) is 20.2 Å². The lowest BCUT2D eigenvalue weighted by Gasteiger charge is -2.32. The van der Waals surface area contributed by atoms with Crippen LogP contribution in [-0.4, -0.2) is 63.3 Å². The summed E-state index contributed by atoms with van der Waals surface area (Å²) in [6.45, 7) is 1.47. The number of aromatic carboxylic acids is 1. The molecule has 0 radical (unpaired) electrons. The molecule has 1 aromatic carbocycles. The van der Waals surface area contributed by atoms with Crippen molar-refractivity contribution in [1.82, 2.24) is 4.31 Å². The predicted molar refractivity (Wildman–Crippen MR) is 88.0 cm³/mol. The summed E-state index contributed by atoms with van der Waals surface area (Å²) >= 11 is 6.00. The van der Waals surface area contributed by atoms with Crippen LogP contribution in [0.2, 0.25) is 5.02 Å². The normalized spacial score (nSPS) is 19.3. The van der Waals surface area contributed by atoms with Gasteiger partial charge in [0.05, 0.1) is 29.9 Å². The van der Waals surface area contributed by atoms with Gasteiger partial charge in [-0.25, -0.2) is 13.2 Å². The van der Waals surface area contributed by atoms with Crippen LogP contribution in [0.1, 0.15) is 23.2 Å². The number of piperidine rings is 1. The summed E-state index contributed by atoms with van der Waals surface area (Å²) in [7, 11) is -2.23. The molecule has 1 N–H and O–H groups in total. The van der Waals surface area contributed by atoms with Crippen molar-refractivity contribution in [3.8, 4) is 0 Å². The fraction of sp³-hybridized carbons (Fsp3) is 0.533. The van der Waals surface area contributed by atoms with Gasteiger partial charge in [-0.2, -0.15) is 4.31 Å². The Morgan fingerprint density at radius 1 is 1.42 bits per heavy atom. The van der Waals surface area contributed by atoms with Gasteiger partial charge in [-0.15, -0.1) is 0 Å². The number of carbonyl (C=O) groups is 1. The maximum atomic E-state index is 12.8. The Kier molecular flexibility index (Phi) is 6.59. The van der Waals surface area contributed by atoms with Crippen molar-refractivity contribution in [3.63, 3.8) is 0 Å². The minimum absolute atomic E-state index is 0.0571. The molecule has 1 aliphatic rings. The van der Waals surface area contributed by atoms with E-state index in [9.17, 15) is 13.2 Å². The van der Waals surface area contributed by atoms with Crippen molar-refractivity contribution in [3.05, 3.63) is 28.8 Å². The zero-order chi connectivity index (χ0) is 17.7. The van der Waals surface area contributed by atoms with E-state index in [-0.39, 0.29) is 28.1 Å². The summed E-state index contributed by atoms with van der Waals surface area (Å²) in [5, 5.41) is 8.84. The zero-order valence-electron chi connectivity index (χ0n) is 13.3. The summed E-state index contributed by atoms with van der Waals surface area (Å²) in [6.07, 6.45) is 1.27. The van der Waals surface area contributed by atoms with Crippen molar-refractivity contribution < 1.29 is 27.8 Å². The number of halogens is 1. The van der Waals surface area contributed by atoms with Crippen LogP contribution in [0, 0.1) is 0 Å². The fourth-order valence-corrected chi connectivity index (χ4v) is 4.57. The zero-order valence-corrected chi connectivity index (χ0v) is 14.8. The van der Waals surface area contributed by atoms with Gasteiger partial charge in [0.25, 0.3) is 0 Å². The average molecular weight is 378 g/mol. The van der Waals surface area contributed by atoms with Crippen LogP contribution in [0.3, 0.4) is 0 Å². The number of hydrogen-bond donors (Lipinski definition) is 1. The molecule has 1 aromatic rings. The summed E-state index contributed by atoms with van der Waals surface area (Å²) in [5.74, 6) is -1.16. The molecule has 2 rings (SSSR count). The van der Waals surface area contributed by atoms with Gasteiger partial charge in [0.2, 0.25) is 10.0 Å². The van der Waals surface area contributed by atoms with E-state index in [0.717, 1.165) is 12.5 Å². The SMILES string of the molecule is COCCOC1CCCN(S(=O)(=O)c2ccc(C(=O)O)cc2Cl)C1. The summed E-state index contributed by atoms with van der Waals surface area (Å²) < 4.78 is 37.4. The van der Waals surface area contributed by atoms with E-state index < -0.39 is 16.0 Å². The second-order valence-corrected chi connectivity index (χ2v) is 7.75. The first kappa shape index (κ1) is 19.1. The van der Waals surface area contributed by atoms with Crippen LogP contribution < -0.4 is 0 Å². The number of ether oxygens (including phenoxy) is 2. The Morgan fingerprint density at radius 2 is 2.17 bits per heavy atom. The largest absolute Gasteiger partial charge is 0.478 e. The van der Waals surface area contributed by atoms with Crippen LogP contribution in [-0.2, 0) is 19.5 Å². The maximum absolute atomic E-state index is 12.8. The van der Waals surface area contributed by atoms with Crippen LogP contribution in [0.25, 0.3) is 0 Å². The van der Waals surface area contributed by atoms with Gasteiger partial charge in [-0.3, -0.25) is 0 Å². The van der Waals surface area contributed by atoms with E-state index >= 15 is 0 Å². The highest BCUT2D eigenvalue weighted by Crippen LogP contribution is 2.28. The van der Waals surface area contributed by atoms with Crippen LogP contribution >= 0.6 is 11.6 Å². The molecule has 0 aliphatic carbocycles. The van der Waals surface area contributed by atoms with Gasteiger partial charge < -0.3 is 14.6 Å². The number of hydrogen-bond acceptors (Lipinski definition) is 5. The van der Waals surface area contributed by atoms with Gasteiger partial charge in [-0.05, 0) is 31.0 Å². The molecule has 0 aromatic heterocycles. The average Bonchev–Trinajstić information content (AvgIpc) is 2.55. The van der Waals surface area contributed by atoms with Gasteiger partial charge in [0.15, 0.2) is 0 Å². The molecule has 0 amide bonds. The Labute approximate surface area is 146 Å². The Bertz CT molecular complexity index is 693. The minimum Gasteiger partial charge on any atom is -0.478 e. The molecular formula is C15H20ClNO6S. The number of carboxylic acids is 1. The molecule has 7 nitrogen and oxygen atoms in total. The van der Waals surface area contributed by atoms with Crippen molar-refractivity contribution in [2.45, 2.75) is 23.8 Å². The number of rotatable bonds is 7. The summed E-state index contributed by atoms with van der Waals surface area (Å²) in [6, 6.07) is 3.61. The first-order valence-electron chi connectivity index (χ1n) is 7.50. The highest BCUT2D eigenvalue weighted by atomic mass is 35.5. The fourth-order valence-electron chi connectivity index (χ4n) is 2.54. The highest BCUT2D eigenvalue weighted by molar-refractivity contribution is 7.89. The highest BCUT2D eigenvalue weighted by Gasteiger charge is 2.32. The smallest absolute Gasteiger partial charge is 0.335 e. The van der Waals surface area contributed by atoms with Crippen LogP contribution in [0.5, 0.6) is 0 Å². The standard InChI is InChI=1S/C15H20ClNO6S/c1-22-7-8-23-12-3-2-6-17(10-12)24(20,21)14-5-4-11(15(18)19)9-13(14)16/h4-5,9,12H,2-3,6-8,10H2,1H3,(H,18,19). The molecule has 0 spiro atoms. The molecule has 1 unspecified atom stereocenters. The molecule has 1 fully saturated rings. The molecule has 1 aliphatic heterocycles. The second-order valence-electron chi connectivity index (χ2n) is 5.44. The third kappa shape index (κ3) is 4.46. The van der Waals surface area contributed by atoms with Crippen molar-refractivity contribution in [2.75, 3.05) is 33.4 Å². The van der Waals surface area contributed by atoms with E-state index in [1.54, 1.807) is 7.11 Å². The third-order valence-corrected chi connectivity index (χ3v) is 6.13. The number of nitrogens with zero attached hydrogens (tertiary/aromatic N) is 1. The summed E-state index contributed by atoms with van der Waals surface area (Å²) in [4.78, 5) is 10.8. The lowest BCUT2D eigenvalue weighted by Crippen LogP contribution is -2.43. The summed E-state index contributed by atoms with van der Waals surface area (Å²) in [5.41, 5.74) is -0.0571. The molecule has 1 atom stereocenters. The van der Waals surface area contributed by atoms with Gasteiger partial charge >= 0.3 is 5.97 Å². The number of benzene rings is 1. The number of sulfonamides is 1. The molecule has 9 heteroatoms. The molecule has 24 heavy (non-hydrogen) atoms. The molecule has 1 saturated heterocycles. The lowest BCUT2D eigenvalue weighted by molar-refractivity contribution is -0.00652. The van der Waals surface area contributed by atoms with Crippen LogP contribution in [0.15, 0.2) is 23.1 Å². The number of carboxylic acid groups (broad SMARTS) is 1. The van der Waals surface area contributed by atoms with E-state index in [4.69, 9.17) is 26.2 Å². The van der Waals surface area contributed by atoms with Gasteiger partial charge in [0.1, 0.15) is 4.90 Å². The minimum atomic E-state index is -3.80. The maximum Gasteiger partial charge on any atom is 0.335 e. The monoisotopic (exact) mass is 377 g/mol. The number of methoxy groups -OCH3 is 1. The molecule has 0 bridgehead atoms. The van der Waals surface area contributed by atoms with E-state index in [1.807, 2.05) is 0 Å².